The van der Waals surface area contributed by atoms with Crippen LogP contribution in [0.5, 0.6) is 5.75 Å². The summed E-state index contributed by atoms with van der Waals surface area (Å²) >= 11 is 0. The maximum absolute atomic E-state index is 12.3. The number of pyridine rings is 1. The van der Waals surface area contributed by atoms with Crippen molar-refractivity contribution in [1.82, 2.24) is 14.5 Å². The zero-order valence-corrected chi connectivity index (χ0v) is 43.2. The first-order chi connectivity index (χ1) is 31.8. The maximum Gasteiger partial charge on any atom is 0.148 e. The number of hydrogen-bond donors (Lipinski definition) is 1. The molecular formula is C61H66N3OPt-. The van der Waals surface area contributed by atoms with Crippen LogP contribution in [0.4, 0.5) is 0 Å². The van der Waals surface area contributed by atoms with Crippen molar-refractivity contribution in [1.29, 1.82) is 0 Å². The van der Waals surface area contributed by atoms with E-state index >= 15 is 0 Å². The number of hydrogen-bond acceptors (Lipinski definition) is 3. The number of benzene rings is 6. The fourth-order valence-electron chi connectivity index (χ4n) is 8.61. The van der Waals surface area contributed by atoms with Gasteiger partial charge >= 0.3 is 0 Å². The number of para-hydroxylation sites is 1. The van der Waals surface area contributed by atoms with Gasteiger partial charge in [0.1, 0.15) is 11.6 Å². The summed E-state index contributed by atoms with van der Waals surface area (Å²) < 4.78 is 29.4. The van der Waals surface area contributed by atoms with Crippen LogP contribution in [0.1, 0.15) is 139 Å². The molecule has 0 saturated carbocycles. The third-order valence-corrected chi connectivity index (χ3v) is 12.8. The molecule has 342 valence electrons. The Morgan fingerprint density at radius 3 is 1.85 bits per heavy atom. The summed E-state index contributed by atoms with van der Waals surface area (Å²) in [5, 5.41) is 12.3. The van der Waals surface area contributed by atoms with Gasteiger partial charge in [0.15, 0.2) is 0 Å². The number of rotatable bonds is 8. The number of nitrogens with zero attached hydrogens (tertiary/aromatic N) is 3. The van der Waals surface area contributed by atoms with E-state index in [-0.39, 0.29) is 60.5 Å². The summed E-state index contributed by atoms with van der Waals surface area (Å²) in [5.41, 5.74) is 14.8. The normalized spacial score (nSPS) is 13.2. The van der Waals surface area contributed by atoms with E-state index in [4.69, 9.17) is 14.1 Å². The predicted molar refractivity (Wildman–Crippen MR) is 276 cm³/mol. The SMILES string of the molecule is [2H]C([2H])([2H])c1cc(-c2cc(C(C)(C)C)cc(C(C)(C)C)c2)ccc1-n1c(-c2cc(C(C)C)cc(C(C)C)c2O)nc2c(-c3[c-]c(-c4cc(-c5ccccc5)ccn4)cc(C(C)(C)C)c3)cccc21.[Pt]. The van der Waals surface area contributed by atoms with Crippen molar-refractivity contribution < 1.29 is 30.3 Å². The van der Waals surface area contributed by atoms with Gasteiger partial charge in [-0.2, -0.15) is 0 Å². The molecule has 4 nitrogen and oxygen atoms in total. The Labute approximate surface area is 413 Å². The van der Waals surface area contributed by atoms with Crippen LogP contribution in [0.25, 0.3) is 72.7 Å². The van der Waals surface area contributed by atoms with Crippen LogP contribution in [-0.4, -0.2) is 19.6 Å². The van der Waals surface area contributed by atoms with Crippen LogP contribution in [0, 0.1) is 12.9 Å². The van der Waals surface area contributed by atoms with E-state index in [2.05, 4.69) is 157 Å². The van der Waals surface area contributed by atoms with Gasteiger partial charge in [0.05, 0.1) is 22.3 Å². The molecule has 5 heteroatoms. The molecule has 0 atom stereocenters. The van der Waals surface area contributed by atoms with Gasteiger partial charge in [0, 0.05) is 37.1 Å². The molecule has 2 heterocycles. The molecule has 2 aromatic heterocycles. The molecule has 0 aliphatic heterocycles. The van der Waals surface area contributed by atoms with E-state index in [0.717, 1.165) is 61.3 Å². The maximum atomic E-state index is 12.3. The second-order valence-corrected chi connectivity index (χ2v) is 21.5. The second-order valence-electron chi connectivity index (χ2n) is 21.5. The minimum atomic E-state index is -2.51. The van der Waals surface area contributed by atoms with Gasteiger partial charge in [-0.1, -0.05) is 180 Å². The van der Waals surface area contributed by atoms with E-state index in [1.54, 1.807) is 0 Å². The number of aromatic hydroxyl groups is 1. The second kappa shape index (κ2) is 18.3. The van der Waals surface area contributed by atoms with Crippen LogP contribution >= 0.6 is 0 Å². The monoisotopic (exact) mass is 1050 g/mol. The average Bonchev–Trinajstić information content (AvgIpc) is 3.67. The molecule has 0 saturated heterocycles. The molecule has 6 aromatic carbocycles. The summed E-state index contributed by atoms with van der Waals surface area (Å²) in [7, 11) is 0. The summed E-state index contributed by atoms with van der Waals surface area (Å²) in [6.07, 6.45) is 1.85. The van der Waals surface area contributed by atoms with Crippen LogP contribution in [-0.2, 0) is 37.3 Å². The van der Waals surface area contributed by atoms with Crippen LogP contribution in [0.15, 0.2) is 128 Å². The Hall–Kier alpha value is -5.57. The predicted octanol–water partition coefficient (Wildman–Crippen LogP) is 16.7. The number of imidazole rings is 1. The van der Waals surface area contributed by atoms with Crippen molar-refractivity contribution in [2.45, 2.75) is 125 Å². The Morgan fingerprint density at radius 1 is 0.591 bits per heavy atom. The smallest absolute Gasteiger partial charge is 0.148 e. The van der Waals surface area contributed by atoms with Crippen LogP contribution in [0.2, 0.25) is 0 Å². The van der Waals surface area contributed by atoms with Gasteiger partial charge in [-0.3, -0.25) is 9.55 Å². The molecule has 0 spiro atoms. The number of phenolic OH excluding ortho intramolecular Hbond substituents is 1. The van der Waals surface area contributed by atoms with Crippen molar-refractivity contribution >= 4 is 11.0 Å². The quantitative estimate of drug-likeness (QED) is 0.154. The molecule has 66 heavy (non-hydrogen) atoms. The Morgan fingerprint density at radius 2 is 1.23 bits per heavy atom. The molecule has 8 aromatic rings. The largest absolute Gasteiger partial charge is 0.507 e. The Kier molecular flexibility index (Phi) is 12.2. The standard InChI is InChI=1S/C61H66N3O.Pt/c1-37(2)43-33-51(38(3)4)57(65)52(34-43)58-63-56-50(45-28-46(32-47(31-45)59(6,7)8)53-35-42(25-26-62-53)40-19-16-15-17-20-40)21-18-22-55(56)64(58)54-24-23-41(27-39(54)5)44-29-48(60(9,10)11)36-49(30-44)61(12,13)14;/h15-27,29-38,65H,1-14H3;/q-1;/i5D3;. The van der Waals surface area contributed by atoms with Crippen molar-refractivity contribution in [2.75, 3.05) is 0 Å². The molecule has 8 rings (SSSR count). The molecule has 0 unspecified atom stereocenters. The first kappa shape index (κ1) is 44.3. The first-order valence-corrected chi connectivity index (χ1v) is 23.1. The fourth-order valence-corrected chi connectivity index (χ4v) is 8.61. The topological polar surface area (TPSA) is 50.9 Å². The van der Waals surface area contributed by atoms with E-state index in [9.17, 15) is 5.11 Å². The average molecular weight is 1060 g/mol. The molecular weight excluding hydrogens is 986 g/mol. The van der Waals surface area contributed by atoms with Gasteiger partial charge in [0.2, 0.25) is 0 Å². The number of fused-ring (bicyclic) bond motifs is 1. The molecule has 0 aliphatic rings. The Bertz CT molecular complexity index is 3150. The molecule has 0 fully saturated rings. The van der Waals surface area contributed by atoms with E-state index in [1.165, 1.54) is 11.1 Å². The number of aryl methyl sites for hydroxylation is 1. The third-order valence-electron chi connectivity index (χ3n) is 12.8. The van der Waals surface area contributed by atoms with Gasteiger partial charge in [0.25, 0.3) is 0 Å². The first-order valence-electron chi connectivity index (χ1n) is 24.6. The molecule has 0 aliphatic carbocycles. The van der Waals surface area contributed by atoms with Crippen LogP contribution < -0.4 is 0 Å². The zero-order chi connectivity index (χ0) is 49.2. The zero-order valence-electron chi connectivity index (χ0n) is 43.9. The number of phenols is 1. The van der Waals surface area contributed by atoms with E-state index in [0.29, 0.717) is 28.1 Å². The van der Waals surface area contributed by atoms with Crippen molar-refractivity contribution in [3.8, 4) is 67.5 Å². The summed E-state index contributed by atoms with van der Waals surface area (Å²) in [4.78, 5) is 10.4. The third kappa shape index (κ3) is 9.63. The summed E-state index contributed by atoms with van der Waals surface area (Å²) in [5.74, 6) is 0.765. The van der Waals surface area contributed by atoms with Crippen molar-refractivity contribution in [3.63, 3.8) is 0 Å². The van der Waals surface area contributed by atoms with Gasteiger partial charge in [-0.05, 0) is 115 Å². The molecule has 1 N–H and O–H groups in total. The Balaban J connectivity index is 0.00000703. The van der Waals surface area contributed by atoms with Gasteiger partial charge in [-0.15, -0.1) is 29.3 Å². The molecule has 0 bridgehead atoms. The van der Waals surface area contributed by atoms with Gasteiger partial charge < -0.3 is 5.11 Å². The minimum absolute atomic E-state index is 0. The van der Waals surface area contributed by atoms with Gasteiger partial charge in [-0.25, -0.2) is 4.98 Å². The minimum Gasteiger partial charge on any atom is -0.507 e. The van der Waals surface area contributed by atoms with Crippen molar-refractivity contribution in [3.05, 3.63) is 167 Å². The molecule has 0 amide bonds. The molecule has 0 radical (unpaired) electrons. The number of aromatic nitrogens is 3. The summed E-state index contributed by atoms with van der Waals surface area (Å²) in [6.45, 7) is 25.8. The van der Waals surface area contributed by atoms with Crippen LogP contribution in [0.3, 0.4) is 0 Å². The van der Waals surface area contributed by atoms with Crippen molar-refractivity contribution in [2.24, 2.45) is 0 Å². The fraction of sp³-hybridized carbons (Fsp3) is 0.311. The van der Waals surface area contributed by atoms with E-state index in [1.807, 2.05) is 71.4 Å². The van der Waals surface area contributed by atoms with E-state index < -0.39 is 6.85 Å². The summed E-state index contributed by atoms with van der Waals surface area (Å²) in [6, 6.07) is 45.2.